The number of hydrogen-bond donors (Lipinski definition) is 2. The number of hydrogen-bond acceptors (Lipinski definition) is 5. The van der Waals surface area contributed by atoms with Crippen molar-refractivity contribution in [3.63, 3.8) is 0 Å². The normalized spacial score (nSPS) is 20.3. The van der Waals surface area contributed by atoms with Gasteiger partial charge in [-0.1, -0.05) is 0 Å². The molecule has 0 spiro atoms. The second-order valence-corrected chi connectivity index (χ2v) is 6.48. The number of aromatic nitrogens is 2. The van der Waals surface area contributed by atoms with E-state index in [0.29, 0.717) is 31.2 Å². The van der Waals surface area contributed by atoms with Gasteiger partial charge in [-0.25, -0.2) is 18.1 Å². The van der Waals surface area contributed by atoms with Gasteiger partial charge in [0.25, 0.3) is 5.56 Å². The first-order valence-corrected chi connectivity index (χ1v) is 7.22. The van der Waals surface area contributed by atoms with Crippen LogP contribution in [0, 0.1) is 6.92 Å². The highest BCUT2D eigenvalue weighted by molar-refractivity contribution is 7.90. The van der Waals surface area contributed by atoms with Crippen LogP contribution in [0.15, 0.2) is 10.9 Å². The Kier molecular flexibility index (Phi) is 3.40. The standard InChI is InChI=1S/C10H16N4O3S/c1-7-5-9(15)13-10(12-7)14-4-3-8(6-14)18(16,17)11-2/h5,8,11H,3-4,6H2,1-2H3,(H,12,13,15). The maximum atomic E-state index is 11.7. The molecule has 1 fully saturated rings. The Morgan fingerprint density at radius 1 is 1.56 bits per heavy atom. The molecule has 0 aromatic carbocycles. The van der Waals surface area contributed by atoms with Crippen molar-refractivity contribution in [2.24, 2.45) is 0 Å². The number of nitrogens with zero attached hydrogens (tertiary/aromatic N) is 2. The summed E-state index contributed by atoms with van der Waals surface area (Å²) < 4.78 is 25.7. The number of nitrogens with one attached hydrogen (secondary N) is 2. The van der Waals surface area contributed by atoms with Crippen LogP contribution < -0.4 is 15.2 Å². The maximum absolute atomic E-state index is 11.7. The van der Waals surface area contributed by atoms with Crippen molar-refractivity contribution in [3.8, 4) is 0 Å². The quantitative estimate of drug-likeness (QED) is 0.751. The van der Waals surface area contributed by atoms with Crippen molar-refractivity contribution in [2.45, 2.75) is 18.6 Å². The van der Waals surface area contributed by atoms with Gasteiger partial charge in [-0.2, -0.15) is 0 Å². The summed E-state index contributed by atoms with van der Waals surface area (Å²) in [5.41, 5.74) is 0.395. The monoisotopic (exact) mass is 272 g/mol. The van der Waals surface area contributed by atoms with Crippen molar-refractivity contribution in [2.75, 3.05) is 25.0 Å². The molecule has 0 bridgehead atoms. The lowest BCUT2D eigenvalue weighted by Gasteiger charge is -2.16. The minimum Gasteiger partial charge on any atom is -0.341 e. The molecule has 2 heterocycles. The molecule has 1 unspecified atom stereocenters. The van der Waals surface area contributed by atoms with Crippen LogP contribution in [0.2, 0.25) is 0 Å². The van der Waals surface area contributed by atoms with E-state index in [1.165, 1.54) is 13.1 Å². The predicted molar refractivity (Wildman–Crippen MR) is 68.2 cm³/mol. The van der Waals surface area contributed by atoms with Gasteiger partial charge in [-0.3, -0.25) is 9.78 Å². The Bertz CT molecular complexity index is 595. The van der Waals surface area contributed by atoms with E-state index in [4.69, 9.17) is 0 Å². The molecular weight excluding hydrogens is 256 g/mol. The fourth-order valence-corrected chi connectivity index (χ4v) is 3.18. The molecule has 0 aliphatic carbocycles. The van der Waals surface area contributed by atoms with Gasteiger partial charge in [0.15, 0.2) is 0 Å². The van der Waals surface area contributed by atoms with Gasteiger partial charge in [0.05, 0.1) is 5.25 Å². The summed E-state index contributed by atoms with van der Waals surface area (Å²) in [7, 11) is -1.86. The molecule has 1 aliphatic rings. The zero-order valence-electron chi connectivity index (χ0n) is 10.3. The maximum Gasteiger partial charge on any atom is 0.252 e. The molecule has 0 amide bonds. The molecule has 8 heteroatoms. The number of H-pyrrole nitrogens is 1. The third-order valence-corrected chi connectivity index (χ3v) is 4.86. The van der Waals surface area contributed by atoms with Crippen LogP contribution in [0.3, 0.4) is 0 Å². The molecule has 1 aliphatic heterocycles. The van der Waals surface area contributed by atoms with Crippen molar-refractivity contribution in [1.82, 2.24) is 14.7 Å². The van der Waals surface area contributed by atoms with Gasteiger partial charge < -0.3 is 4.90 Å². The van der Waals surface area contributed by atoms with E-state index in [-0.39, 0.29) is 5.56 Å². The van der Waals surface area contributed by atoms with Crippen LogP contribution in [0.5, 0.6) is 0 Å². The Morgan fingerprint density at radius 3 is 2.89 bits per heavy atom. The third kappa shape index (κ3) is 2.54. The summed E-state index contributed by atoms with van der Waals surface area (Å²) in [6.07, 6.45) is 0.529. The second-order valence-electron chi connectivity index (χ2n) is 4.32. The average molecular weight is 272 g/mol. The highest BCUT2D eigenvalue weighted by Crippen LogP contribution is 2.19. The minimum absolute atomic E-state index is 0.225. The molecule has 1 saturated heterocycles. The van der Waals surface area contributed by atoms with Crippen molar-refractivity contribution < 1.29 is 8.42 Å². The lowest BCUT2D eigenvalue weighted by Crippen LogP contribution is -2.35. The Hall–Kier alpha value is -1.41. The fraction of sp³-hybridized carbons (Fsp3) is 0.600. The van der Waals surface area contributed by atoms with Crippen molar-refractivity contribution >= 4 is 16.0 Å². The number of aryl methyl sites for hydroxylation is 1. The molecule has 1 aromatic heterocycles. The molecule has 1 atom stereocenters. The minimum atomic E-state index is -3.27. The van der Waals surface area contributed by atoms with E-state index in [2.05, 4.69) is 14.7 Å². The molecule has 0 saturated carbocycles. The summed E-state index contributed by atoms with van der Waals surface area (Å²) in [6.45, 7) is 2.64. The average Bonchev–Trinajstić information content (AvgIpc) is 2.77. The first-order valence-electron chi connectivity index (χ1n) is 5.67. The zero-order chi connectivity index (χ0) is 13.3. The van der Waals surface area contributed by atoms with Gasteiger partial charge in [-0.15, -0.1) is 0 Å². The Morgan fingerprint density at radius 2 is 2.28 bits per heavy atom. The predicted octanol–water partition coefficient (Wildman–Crippen LogP) is -0.794. The fourth-order valence-electron chi connectivity index (χ4n) is 2.05. The summed E-state index contributed by atoms with van der Waals surface area (Å²) in [5.74, 6) is 0.439. The van der Waals surface area contributed by atoms with Crippen molar-refractivity contribution in [1.29, 1.82) is 0 Å². The highest BCUT2D eigenvalue weighted by atomic mass is 32.2. The van der Waals surface area contributed by atoms with E-state index in [1.807, 2.05) is 0 Å². The summed E-state index contributed by atoms with van der Waals surface area (Å²) in [4.78, 5) is 20.0. The first kappa shape index (κ1) is 13.0. The molecular formula is C10H16N4O3S. The Labute approximate surface area is 105 Å². The van der Waals surface area contributed by atoms with Crippen molar-refractivity contribution in [3.05, 3.63) is 22.1 Å². The van der Waals surface area contributed by atoms with Crippen LogP contribution >= 0.6 is 0 Å². The van der Waals surface area contributed by atoms with Gasteiger partial charge >= 0.3 is 0 Å². The Balaban J connectivity index is 2.21. The van der Waals surface area contributed by atoms with E-state index >= 15 is 0 Å². The third-order valence-electron chi connectivity index (χ3n) is 3.03. The second kappa shape index (κ2) is 4.69. The van der Waals surface area contributed by atoms with Crippen LogP contribution in [-0.4, -0.2) is 43.8 Å². The summed E-state index contributed by atoms with van der Waals surface area (Å²) in [5, 5.41) is -0.465. The SMILES string of the molecule is CNS(=O)(=O)C1CCN(c2nc(C)cc(=O)[nH]2)C1. The summed E-state index contributed by atoms with van der Waals surface area (Å²) in [6, 6.07) is 1.40. The lowest BCUT2D eigenvalue weighted by molar-refractivity contribution is 0.575. The lowest BCUT2D eigenvalue weighted by atomic mass is 10.4. The van der Waals surface area contributed by atoms with Crippen LogP contribution in [-0.2, 0) is 10.0 Å². The van der Waals surface area contributed by atoms with E-state index in [1.54, 1.807) is 11.8 Å². The number of rotatable bonds is 3. The molecule has 100 valence electrons. The topological polar surface area (TPSA) is 95.2 Å². The van der Waals surface area contributed by atoms with Crippen LogP contribution in [0.4, 0.5) is 5.95 Å². The smallest absolute Gasteiger partial charge is 0.252 e. The largest absolute Gasteiger partial charge is 0.341 e. The number of anilines is 1. The summed E-state index contributed by atoms with van der Waals surface area (Å²) >= 11 is 0. The van der Waals surface area contributed by atoms with Gasteiger partial charge in [0.2, 0.25) is 16.0 Å². The molecule has 2 N–H and O–H groups in total. The first-order chi connectivity index (χ1) is 8.42. The van der Waals surface area contributed by atoms with E-state index in [0.717, 1.165) is 0 Å². The highest BCUT2D eigenvalue weighted by Gasteiger charge is 2.33. The van der Waals surface area contributed by atoms with E-state index < -0.39 is 15.3 Å². The van der Waals surface area contributed by atoms with Crippen LogP contribution in [0.1, 0.15) is 12.1 Å². The van der Waals surface area contributed by atoms with Gasteiger partial charge in [0, 0.05) is 24.8 Å². The van der Waals surface area contributed by atoms with Crippen LogP contribution in [0.25, 0.3) is 0 Å². The van der Waals surface area contributed by atoms with E-state index in [9.17, 15) is 13.2 Å². The molecule has 7 nitrogen and oxygen atoms in total. The van der Waals surface area contributed by atoms with Gasteiger partial charge in [0.1, 0.15) is 0 Å². The number of sulfonamides is 1. The zero-order valence-corrected chi connectivity index (χ0v) is 11.1. The molecule has 18 heavy (non-hydrogen) atoms. The molecule has 0 radical (unpaired) electrons. The number of aromatic amines is 1. The molecule has 1 aromatic rings. The molecule has 2 rings (SSSR count). The van der Waals surface area contributed by atoms with Gasteiger partial charge in [-0.05, 0) is 20.4 Å².